The lowest BCUT2D eigenvalue weighted by atomic mass is 10.0. The van der Waals surface area contributed by atoms with Crippen LogP contribution < -0.4 is 10.1 Å². The standard InChI is InChI=1S/C23H26ClN3O3S/c1-2-30-20-8-6-19(7-9-20)25-22(29)26-12-10-23(11-13-26)27(14-15-31-23)21(28)17-4-3-5-18(24)16-17/h3-9,16H,2,10-15H2,1H3,(H,25,29). The third-order valence-electron chi connectivity index (χ3n) is 5.74. The number of carbonyl (C=O) groups excluding carboxylic acids is 2. The Morgan fingerprint density at radius 1 is 1.13 bits per heavy atom. The molecular weight excluding hydrogens is 434 g/mol. The SMILES string of the molecule is CCOc1ccc(NC(=O)N2CCC3(CC2)SCCN3C(=O)c2cccc(Cl)c2)cc1. The largest absolute Gasteiger partial charge is 0.494 e. The van der Waals surface area contributed by atoms with Crippen molar-refractivity contribution in [2.75, 3.05) is 37.3 Å². The van der Waals surface area contributed by atoms with Gasteiger partial charge in [0.2, 0.25) is 0 Å². The lowest BCUT2D eigenvalue weighted by Crippen LogP contribution is -2.54. The Morgan fingerprint density at radius 3 is 2.55 bits per heavy atom. The summed E-state index contributed by atoms with van der Waals surface area (Å²) < 4.78 is 5.44. The number of thioether (sulfide) groups is 1. The number of hydrogen-bond donors (Lipinski definition) is 1. The maximum atomic E-state index is 13.2. The summed E-state index contributed by atoms with van der Waals surface area (Å²) in [6, 6.07) is 14.4. The number of nitrogens with zero attached hydrogens (tertiary/aromatic N) is 2. The van der Waals surface area contributed by atoms with Gasteiger partial charge >= 0.3 is 6.03 Å². The number of piperidine rings is 1. The fraction of sp³-hybridized carbons (Fsp3) is 0.391. The van der Waals surface area contributed by atoms with Gasteiger partial charge in [-0.1, -0.05) is 17.7 Å². The Bertz CT molecular complexity index is 945. The van der Waals surface area contributed by atoms with Crippen LogP contribution in [-0.4, -0.2) is 58.6 Å². The summed E-state index contributed by atoms with van der Waals surface area (Å²) in [5.41, 5.74) is 1.35. The van der Waals surface area contributed by atoms with Gasteiger partial charge in [-0.25, -0.2) is 4.79 Å². The number of rotatable bonds is 4. The number of benzene rings is 2. The van der Waals surface area contributed by atoms with Crippen LogP contribution in [0.1, 0.15) is 30.1 Å². The van der Waals surface area contributed by atoms with Crippen LogP contribution >= 0.6 is 23.4 Å². The predicted molar refractivity (Wildman–Crippen MR) is 125 cm³/mol. The molecule has 0 aromatic heterocycles. The molecule has 0 saturated carbocycles. The van der Waals surface area contributed by atoms with E-state index in [1.54, 1.807) is 18.2 Å². The number of likely N-dealkylation sites (tertiary alicyclic amines) is 1. The molecule has 4 rings (SSSR count). The van der Waals surface area contributed by atoms with Gasteiger partial charge in [-0.2, -0.15) is 0 Å². The summed E-state index contributed by atoms with van der Waals surface area (Å²) >= 11 is 7.91. The number of carbonyl (C=O) groups is 2. The van der Waals surface area contributed by atoms with Crippen molar-refractivity contribution in [3.63, 3.8) is 0 Å². The molecule has 2 aromatic carbocycles. The van der Waals surface area contributed by atoms with Crippen LogP contribution in [0, 0.1) is 0 Å². The number of amides is 3. The molecule has 6 nitrogen and oxygen atoms in total. The molecule has 0 aliphatic carbocycles. The molecule has 31 heavy (non-hydrogen) atoms. The topological polar surface area (TPSA) is 61.9 Å². The molecule has 2 saturated heterocycles. The zero-order chi connectivity index (χ0) is 21.8. The Labute approximate surface area is 191 Å². The van der Waals surface area contributed by atoms with Gasteiger partial charge in [0, 0.05) is 41.7 Å². The highest BCUT2D eigenvalue weighted by atomic mass is 35.5. The van der Waals surface area contributed by atoms with Crippen molar-refractivity contribution in [2.24, 2.45) is 0 Å². The smallest absolute Gasteiger partial charge is 0.321 e. The molecule has 2 aromatic rings. The quantitative estimate of drug-likeness (QED) is 0.702. The molecular formula is C23H26ClN3O3S. The molecule has 1 N–H and O–H groups in total. The van der Waals surface area contributed by atoms with Gasteiger partial charge in [0.1, 0.15) is 5.75 Å². The van der Waals surface area contributed by atoms with E-state index in [9.17, 15) is 9.59 Å². The van der Waals surface area contributed by atoms with Gasteiger partial charge in [-0.15, -0.1) is 11.8 Å². The molecule has 0 unspecified atom stereocenters. The minimum absolute atomic E-state index is 0.0137. The first-order chi connectivity index (χ1) is 15.0. The van der Waals surface area contributed by atoms with Gasteiger partial charge in [0.25, 0.3) is 5.91 Å². The van der Waals surface area contributed by atoms with Crippen molar-refractivity contribution in [1.29, 1.82) is 0 Å². The Hall–Kier alpha value is -2.38. The van der Waals surface area contributed by atoms with Crippen LogP contribution in [0.5, 0.6) is 5.75 Å². The first kappa shape index (κ1) is 21.8. The highest BCUT2D eigenvalue weighted by Gasteiger charge is 2.47. The van der Waals surface area contributed by atoms with Gasteiger partial charge in [0.05, 0.1) is 11.5 Å². The van der Waals surface area contributed by atoms with E-state index in [1.165, 1.54) is 0 Å². The number of urea groups is 1. The molecule has 8 heteroatoms. The molecule has 1 spiro atoms. The molecule has 2 aliphatic rings. The highest BCUT2D eigenvalue weighted by Crippen LogP contribution is 2.44. The second-order valence-corrected chi connectivity index (χ2v) is 9.53. The van der Waals surface area contributed by atoms with Crippen molar-refractivity contribution >= 4 is 41.0 Å². The van der Waals surface area contributed by atoms with Crippen molar-refractivity contribution < 1.29 is 14.3 Å². The van der Waals surface area contributed by atoms with E-state index < -0.39 is 0 Å². The molecule has 2 heterocycles. The Morgan fingerprint density at radius 2 is 1.87 bits per heavy atom. The first-order valence-corrected chi connectivity index (χ1v) is 11.9. The predicted octanol–water partition coefficient (Wildman–Crippen LogP) is 4.95. The lowest BCUT2D eigenvalue weighted by molar-refractivity contribution is 0.0585. The monoisotopic (exact) mass is 459 g/mol. The number of hydrogen-bond acceptors (Lipinski definition) is 4. The van der Waals surface area contributed by atoms with E-state index in [1.807, 2.05) is 58.8 Å². The Kier molecular flexibility index (Phi) is 6.62. The maximum Gasteiger partial charge on any atom is 0.321 e. The maximum absolute atomic E-state index is 13.2. The van der Waals surface area contributed by atoms with Crippen molar-refractivity contribution in [3.8, 4) is 5.75 Å². The average molecular weight is 460 g/mol. The van der Waals surface area contributed by atoms with Crippen LogP contribution in [0.3, 0.4) is 0 Å². The first-order valence-electron chi connectivity index (χ1n) is 10.5. The minimum atomic E-state index is -0.255. The Balaban J connectivity index is 1.37. The highest BCUT2D eigenvalue weighted by molar-refractivity contribution is 8.00. The van der Waals surface area contributed by atoms with Crippen LogP contribution in [0.15, 0.2) is 48.5 Å². The fourth-order valence-corrected chi connectivity index (χ4v) is 5.80. The summed E-state index contributed by atoms with van der Waals surface area (Å²) in [4.78, 5) is 29.4. The zero-order valence-electron chi connectivity index (χ0n) is 17.5. The van der Waals surface area contributed by atoms with Gasteiger partial charge < -0.3 is 19.9 Å². The van der Waals surface area contributed by atoms with Gasteiger partial charge in [-0.3, -0.25) is 4.79 Å². The summed E-state index contributed by atoms with van der Waals surface area (Å²) in [5, 5.41) is 3.52. The second kappa shape index (κ2) is 9.40. The van der Waals surface area contributed by atoms with Gasteiger partial charge in [0.15, 0.2) is 0 Å². The molecule has 164 valence electrons. The molecule has 3 amide bonds. The summed E-state index contributed by atoms with van der Waals surface area (Å²) in [7, 11) is 0. The molecule has 2 fully saturated rings. The number of anilines is 1. The van der Waals surface area contributed by atoms with Crippen LogP contribution in [-0.2, 0) is 0 Å². The van der Waals surface area contributed by atoms with E-state index in [2.05, 4.69) is 5.32 Å². The van der Waals surface area contributed by atoms with Gasteiger partial charge in [-0.05, 0) is 62.2 Å². The fourth-order valence-electron chi connectivity index (χ4n) is 4.15. The van der Waals surface area contributed by atoms with E-state index in [0.29, 0.717) is 36.8 Å². The molecule has 0 bridgehead atoms. The second-order valence-electron chi connectivity index (χ2n) is 7.64. The third-order valence-corrected chi connectivity index (χ3v) is 7.53. The number of ether oxygens (including phenoxy) is 1. The lowest BCUT2D eigenvalue weighted by Gasteiger charge is -2.44. The van der Waals surface area contributed by atoms with Crippen molar-refractivity contribution in [2.45, 2.75) is 24.6 Å². The molecule has 2 aliphatic heterocycles. The van der Waals surface area contributed by atoms with E-state index in [0.717, 1.165) is 30.0 Å². The average Bonchev–Trinajstić information content (AvgIpc) is 3.18. The summed E-state index contributed by atoms with van der Waals surface area (Å²) in [6.45, 7) is 4.47. The number of halogens is 1. The summed E-state index contributed by atoms with van der Waals surface area (Å²) in [6.07, 6.45) is 1.50. The van der Waals surface area contributed by atoms with E-state index in [-0.39, 0.29) is 16.8 Å². The molecule has 0 radical (unpaired) electrons. The third kappa shape index (κ3) is 4.77. The normalized spacial score (nSPS) is 17.6. The van der Waals surface area contributed by atoms with E-state index in [4.69, 9.17) is 16.3 Å². The number of nitrogens with one attached hydrogen (secondary N) is 1. The van der Waals surface area contributed by atoms with E-state index >= 15 is 0 Å². The zero-order valence-corrected chi connectivity index (χ0v) is 19.0. The summed E-state index contributed by atoms with van der Waals surface area (Å²) in [5.74, 6) is 1.70. The van der Waals surface area contributed by atoms with Crippen molar-refractivity contribution in [3.05, 3.63) is 59.1 Å². The minimum Gasteiger partial charge on any atom is -0.494 e. The van der Waals surface area contributed by atoms with Crippen LogP contribution in [0.4, 0.5) is 10.5 Å². The van der Waals surface area contributed by atoms with Crippen LogP contribution in [0.25, 0.3) is 0 Å². The van der Waals surface area contributed by atoms with Crippen molar-refractivity contribution in [1.82, 2.24) is 9.80 Å². The molecule has 0 atom stereocenters. The van der Waals surface area contributed by atoms with Crippen LogP contribution in [0.2, 0.25) is 5.02 Å².